The fourth-order valence-electron chi connectivity index (χ4n) is 4.27. The summed E-state index contributed by atoms with van der Waals surface area (Å²) in [6.07, 6.45) is 2.28. The number of anilines is 1. The molecular formula is C20H20F3N5O2S. The number of pyridine rings is 1. The van der Waals surface area contributed by atoms with Gasteiger partial charge < -0.3 is 11.1 Å². The first-order valence-electron chi connectivity index (χ1n) is 9.44. The Balaban J connectivity index is 1.76. The summed E-state index contributed by atoms with van der Waals surface area (Å²) in [5, 5.41) is 1.86. The number of fused-ring (bicyclic) bond motifs is 1. The zero-order chi connectivity index (χ0) is 22.6. The molecule has 1 aliphatic heterocycles. The van der Waals surface area contributed by atoms with Gasteiger partial charge in [-0.05, 0) is 43.3 Å². The molecule has 2 unspecified atom stereocenters. The number of aliphatic imine (C=N–C) groups is 1. The van der Waals surface area contributed by atoms with E-state index in [0.29, 0.717) is 25.3 Å². The molecule has 2 heterocycles. The number of nitrogens with two attached hydrogens (primary N) is 1. The van der Waals surface area contributed by atoms with Crippen LogP contribution in [0.25, 0.3) is 0 Å². The van der Waals surface area contributed by atoms with Gasteiger partial charge in [0, 0.05) is 24.4 Å². The third-order valence-corrected chi connectivity index (χ3v) is 8.44. The number of rotatable bonds is 3. The van der Waals surface area contributed by atoms with Crippen molar-refractivity contribution in [1.29, 1.82) is 0 Å². The second kappa shape index (κ2) is 7.26. The van der Waals surface area contributed by atoms with Crippen LogP contribution in [-0.2, 0) is 15.2 Å². The Kier molecular flexibility index (Phi) is 4.95. The number of benzene rings is 1. The van der Waals surface area contributed by atoms with Crippen molar-refractivity contribution in [2.45, 2.75) is 30.1 Å². The molecule has 1 saturated carbocycles. The maximum absolute atomic E-state index is 15.0. The number of carbonyl (C=O) groups is 1. The average Bonchev–Trinajstić information content (AvgIpc) is 3.13. The number of hydrogen-bond donors (Lipinski definition) is 2. The molecule has 3 atom stereocenters. The van der Waals surface area contributed by atoms with Gasteiger partial charge in [0.15, 0.2) is 11.5 Å². The van der Waals surface area contributed by atoms with Crippen molar-refractivity contribution in [2.24, 2.45) is 10.7 Å². The first-order valence-corrected chi connectivity index (χ1v) is 11.2. The first kappa shape index (κ1) is 21.2. The zero-order valence-electron chi connectivity index (χ0n) is 16.6. The normalized spacial score (nSPS) is 27.5. The molecule has 1 aliphatic carbocycles. The summed E-state index contributed by atoms with van der Waals surface area (Å²) in [5.74, 6) is 0.266. The van der Waals surface area contributed by atoms with Crippen LogP contribution in [0.2, 0.25) is 0 Å². The predicted octanol–water partition coefficient (Wildman–Crippen LogP) is 2.39. The first-order chi connectivity index (χ1) is 14.6. The maximum atomic E-state index is 15.0. The molecule has 2 aliphatic rings. The minimum Gasteiger partial charge on any atom is -0.369 e. The number of amides is 1. The zero-order valence-corrected chi connectivity index (χ0v) is 17.4. The summed E-state index contributed by atoms with van der Waals surface area (Å²) in [4.78, 5) is 20.4. The molecule has 0 bridgehead atoms. The monoisotopic (exact) mass is 451 g/mol. The van der Waals surface area contributed by atoms with E-state index in [1.165, 1.54) is 23.5 Å². The molecule has 0 radical (unpaired) electrons. The highest BCUT2D eigenvalue weighted by Gasteiger charge is 2.54. The lowest BCUT2D eigenvalue weighted by atomic mass is 9.87. The predicted molar refractivity (Wildman–Crippen MR) is 112 cm³/mol. The van der Waals surface area contributed by atoms with E-state index in [1.54, 1.807) is 0 Å². The van der Waals surface area contributed by atoms with Gasteiger partial charge in [0.2, 0.25) is 5.96 Å². The molecular weight excluding hydrogens is 431 g/mol. The Bertz CT molecular complexity index is 1220. The summed E-state index contributed by atoms with van der Waals surface area (Å²) in [5.41, 5.74) is 4.46. The number of guanidine groups is 1. The Hall–Kier alpha value is -3.08. The van der Waals surface area contributed by atoms with E-state index in [2.05, 4.69) is 21.2 Å². The fourth-order valence-corrected chi connectivity index (χ4v) is 6.45. The largest absolute Gasteiger partial charge is 0.369 e. The molecule has 11 heteroatoms. The second-order valence-electron chi connectivity index (χ2n) is 7.60. The Morgan fingerprint density at radius 2 is 2.06 bits per heavy atom. The van der Waals surface area contributed by atoms with Gasteiger partial charge in [0.25, 0.3) is 5.91 Å². The standard InChI is InChI=1S/C20H20F3N5O2S/c1-28-19(24)27-20(7-3-4-16(20)31(28,2)30)13-9-12(5-6-14(13)22)26-18(29)17-15(23)8-11(21)10-25-17/h5-6,8-10,16H,2-4,7H2,1H3,(H2,24,27)(H,26,29)/t16?,20-,31?/m1/s1. The van der Waals surface area contributed by atoms with Crippen molar-refractivity contribution in [2.75, 3.05) is 12.4 Å². The van der Waals surface area contributed by atoms with Gasteiger partial charge in [-0.3, -0.25) is 9.10 Å². The highest BCUT2D eigenvalue weighted by Crippen LogP contribution is 2.49. The molecule has 31 heavy (non-hydrogen) atoms. The van der Waals surface area contributed by atoms with Gasteiger partial charge in [0.1, 0.15) is 17.2 Å². The molecule has 0 saturated heterocycles. The number of nitrogens with zero attached hydrogens (tertiary/aromatic N) is 3. The second-order valence-corrected chi connectivity index (χ2v) is 10.1. The van der Waals surface area contributed by atoms with Crippen molar-refractivity contribution in [1.82, 2.24) is 9.29 Å². The maximum Gasteiger partial charge on any atom is 0.277 e. The number of carbonyl (C=O) groups excluding carboxylic acids is 1. The lowest BCUT2D eigenvalue weighted by molar-refractivity contribution is 0.101. The molecule has 1 fully saturated rings. The van der Waals surface area contributed by atoms with Crippen LogP contribution >= 0.6 is 0 Å². The van der Waals surface area contributed by atoms with Crippen LogP contribution in [0, 0.1) is 17.5 Å². The molecule has 2 aromatic rings. The molecule has 4 rings (SSSR count). The molecule has 0 spiro atoms. The van der Waals surface area contributed by atoms with Gasteiger partial charge in [-0.1, -0.05) is 0 Å². The lowest BCUT2D eigenvalue weighted by Gasteiger charge is -2.42. The lowest BCUT2D eigenvalue weighted by Crippen LogP contribution is -2.55. The molecule has 1 aromatic carbocycles. The van der Waals surface area contributed by atoms with E-state index in [1.807, 2.05) is 0 Å². The Morgan fingerprint density at radius 3 is 2.77 bits per heavy atom. The summed E-state index contributed by atoms with van der Waals surface area (Å²) >= 11 is 0. The van der Waals surface area contributed by atoms with Gasteiger partial charge in [0.05, 0.1) is 21.2 Å². The van der Waals surface area contributed by atoms with E-state index in [0.717, 1.165) is 12.3 Å². The van der Waals surface area contributed by atoms with Crippen molar-refractivity contribution in [3.8, 4) is 0 Å². The van der Waals surface area contributed by atoms with Crippen LogP contribution in [-0.4, -0.2) is 43.5 Å². The summed E-state index contributed by atoms with van der Waals surface area (Å²) in [7, 11) is -1.34. The third kappa shape index (κ3) is 3.32. The van der Waals surface area contributed by atoms with Gasteiger partial charge in [-0.25, -0.2) is 27.4 Å². The molecule has 3 N–H and O–H groups in total. The van der Waals surface area contributed by atoms with E-state index < -0.39 is 49.5 Å². The number of hydrogen-bond acceptors (Lipinski definition) is 5. The summed E-state index contributed by atoms with van der Waals surface area (Å²) in [6, 6.07) is 4.34. The van der Waals surface area contributed by atoms with Crippen LogP contribution in [0.4, 0.5) is 18.9 Å². The van der Waals surface area contributed by atoms with Gasteiger partial charge in [-0.15, -0.1) is 0 Å². The minimum absolute atomic E-state index is 0.00966. The average molecular weight is 451 g/mol. The van der Waals surface area contributed by atoms with Crippen LogP contribution in [0.5, 0.6) is 0 Å². The highest BCUT2D eigenvalue weighted by atomic mass is 32.2. The van der Waals surface area contributed by atoms with Crippen LogP contribution in [0.3, 0.4) is 0 Å². The third-order valence-electron chi connectivity index (χ3n) is 5.82. The molecule has 164 valence electrons. The number of aromatic nitrogens is 1. The van der Waals surface area contributed by atoms with Crippen LogP contribution < -0.4 is 11.1 Å². The van der Waals surface area contributed by atoms with Gasteiger partial charge >= 0.3 is 0 Å². The number of nitrogens with one attached hydrogen (secondary N) is 1. The van der Waals surface area contributed by atoms with E-state index in [9.17, 15) is 22.2 Å². The van der Waals surface area contributed by atoms with Crippen molar-refractivity contribution < 1.29 is 22.2 Å². The Morgan fingerprint density at radius 1 is 1.32 bits per heavy atom. The topological polar surface area (TPSA) is 101 Å². The van der Waals surface area contributed by atoms with Crippen molar-refractivity contribution in [3.63, 3.8) is 0 Å². The molecule has 7 nitrogen and oxygen atoms in total. The van der Waals surface area contributed by atoms with Crippen molar-refractivity contribution >= 4 is 33.1 Å². The molecule has 1 aromatic heterocycles. The minimum atomic E-state index is -2.87. The summed E-state index contributed by atoms with van der Waals surface area (Å²) < 4.78 is 56.6. The quantitative estimate of drug-likeness (QED) is 0.700. The van der Waals surface area contributed by atoms with E-state index in [-0.39, 0.29) is 17.2 Å². The van der Waals surface area contributed by atoms with Crippen LogP contribution in [0.1, 0.15) is 35.3 Å². The van der Waals surface area contributed by atoms with Gasteiger partial charge in [-0.2, -0.15) is 0 Å². The number of halogens is 3. The molecule has 1 amide bonds. The highest BCUT2D eigenvalue weighted by molar-refractivity contribution is 7.99. The van der Waals surface area contributed by atoms with E-state index >= 15 is 0 Å². The fraction of sp³-hybridized carbons (Fsp3) is 0.300. The summed E-state index contributed by atoms with van der Waals surface area (Å²) in [6.45, 7) is 0. The van der Waals surface area contributed by atoms with Crippen LogP contribution in [0.15, 0.2) is 35.5 Å². The SMILES string of the molecule is C=S1(=O)C2CCC[C@]2(c2cc(NC(=O)c3ncc(F)cc3F)ccc2F)N=C(N)N1C. The van der Waals surface area contributed by atoms with E-state index in [4.69, 9.17) is 5.73 Å². The van der Waals surface area contributed by atoms with Crippen molar-refractivity contribution in [3.05, 3.63) is 59.2 Å². The smallest absolute Gasteiger partial charge is 0.277 e. The Labute approximate surface area is 177 Å².